The SMILES string of the molecule is O=C(O)CS[C@@H]1CC(=O)N(c2cc(Cl)c(Cl)cc2Cl)C1=O. The maximum atomic E-state index is 12.2. The number of carboxylic acids is 1. The Bertz CT molecular complexity index is 637. The molecule has 5 nitrogen and oxygen atoms in total. The number of amides is 2. The molecule has 1 aromatic carbocycles. The summed E-state index contributed by atoms with van der Waals surface area (Å²) in [5.41, 5.74) is 0.152. The van der Waals surface area contributed by atoms with Gasteiger partial charge in [0.15, 0.2) is 0 Å². The van der Waals surface area contributed by atoms with Crippen molar-refractivity contribution in [3.63, 3.8) is 0 Å². The zero-order valence-corrected chi connectivity index (χ0v) is 13.4. The van der Waals surface area contributed by atoms with Crippen LogP contribution in [0.2, 0.25) is 15.1 Å². The van der Waals surface area contributed by atoms with Crippen LogP contribution >= 0.6 is 46.6 Å². The number of hydrogen-bond donors (Lipinski definition) is 1. The smallest absolute Gasteiger partial charge is 0.313 e. The molecule has 0 radical (unpaired) electrons. The topological polar surface area (TPSA) is 74.7 Å². The van der Waals surface area contributed by atoms with Crippen LogP contribution in [0.3, 0.4) is 0 Å². The fraction of sp³-hybridized carbons (Fsp3) is 0.250. The number of hydrogen-bond acceptors (Lipinski definition) is 4. The van der Waals surface area contributed by atoms with Gasteiger partial charge in [-0.25, -0.2) is 4.90 Å². The van der Waals surface area contributed by atoms with Crippen LogP contribution in [0.25, 0.3) is 0 Å². The average Bonchev–Trinajstić information content (AvgIpc) is 2.67. The Labute approximate surface area is 139 Å². The van der Waals surface area contributed by atoms with E-state index in [9.17, 15) is 14.4 Å². The maximum Gasteiger partial charge on any atom is 0.313 e. The molecule has 1 aliphatic heterocycles. The van der Waals surface area contributed by atoms with Crippen LogP contribution in [0.5, 0.6) is 0 Å². The van der Waals surface area contributed by atoms with E-state index in [-0.39, 0.29) is 32.9 Å². The monoisotopic (exact) mass is 367 g/mol. The summed E-state index contributed by atoms with van der Waals surface area (Å²) in [4.78, 5) is 35.7. The molecule has 1 heterocycles. The molecule has 21 heavy (non-hydrogen) atoms. The van der Waals surface area contributed by atoms with E-state index in [1.54, 1.807) is 0 Å². The van der Waals surface area contributed by atoms with Crippen molar-refractivity contribution in [3.8, 4) is 0 Å². The highest BCUT2D eigenvalue weighted by molar-refractivity contribution is 8.01. The van der Waals surface area contributed by atoms with E-state index in [1.807, 2.05) is 0 Å². The molecule has 2 amide bonds. The third-order valence-electron chi connectivity index (χ3n) is 2.74. The molecule has 0 saturated carbocycles. The normalized spacial score (nSPS) is 18.4. The standard InChI is InChI=1S/C12H8Cl3NO4S/c13-5-1-7(15)8(2-6(5)14)16-10(17)3-9(12(16)20)21-4-11(18)19/h1-2,9H,3-4H2,(H,18,19)/t9-/m1/s1. The highest BCUT2D eigenvalue weighted by atomic mass is 35.5. The number of carbonyl (C=O) groups is 3. The van der Waals surface area contributed by atoms with Crippen LogP contribution in [-0.2, 0) is 14.4 Å². The Morgan fingerprint density at radius 1 is 1.24 bits per heavy atom. The highest BCUT2D eigenvalue weighted by Gasteiger charge is 2.41. The summed E-state index contributed by atoms with van der Waals surface area (Å²) in [6.07, 6.45) is -0.0760. The van der Waals surface area contributed by atoms with Crippen molar-refractivity contribution in [1.82, 2.24) is 0 Å². The molecule has 1 fully saturated rings. The minimum absolute atomic E-state index is 0.0760. The summed E-state index contributed by atoms with van der Waals surface area (Å²) in [5.74, 6) is -2.27. The molecule has 1 aliphatic rings. The van der Waals surface area contributed by atoms with Crippen LogP contribution < -0.4 is 4.90 Å². The zero-order valence-electron chi connectivity index (χ0n) is 10.3. The quantitative estimate of drug-likeness (QED) is 0.653. The van der Waals surface area contributed by atoms with Gasteiger partial charge in [-0.2, -0.15) is 0 Å². The van der Waals surface area contributed by atoms with Crippen molar-refractivity contribution in [3.05, 3.63) is 27.2 Å². The van der Waals surface area contributed by atoms with Crippen molar-refractivity contribution in [2.45, 2.75) is 11.7 Å². The van der Waals surface area contributed by atoms with Crippen molar-refractivity contribution >= 4 is 70.0 Å². The largest absolute Gasteiger partial charge is 0.481 e. The number of aliphatic carboxylic acids is 1. The predicted octanol–water partition coefficient (Wildman–Crippen LogP) is 3.10. The second-order valence-electron chi connectivity index (χ2n) is 4.18. The lowest BCUT2D eigenvalue weighted by molar-refractivity contribution is -0.134. The first-order chi connectivity index (χ1) is 9.81. The maximum absolute atomic E-state index is 12.2. The van der Waals surface area contributed by atoms with Crippen LogP contribution in [0, 0.1) is 0 Å². The van der Waals surface area contributed by atoms with Gasteiger partial charge < -0.3 is 5.11 Å². The van der Waals surface area contributed by atoms with Gasteiger partial charge in [-0.3, -0.25) is 14.4 Å². The Morgan fingerprint density at radius 2 is 1.86 bits per heavy atom. The zero-order chi connectivity index (χ0) is 15.7. The van der Waals surface area contributed by atoms with Gasteiger partial charge in [-0.05, 0) is 12.1 Å². The predicted molar refractivity (Wildman–Crippen MR) is 82.5 cm³/mol. The molecular weight excluding hydrogens is 361 g/mol. The van der Waals surface area contributed by atoms with Gasteiger partial charge in [-0.1, -0.05) is 34.8 Å². The Kier molecular flexibility index (Phi) is 5.03. The molecule has 112 valence electrons. The molecule has 0 aromatic heterocycles. The first-order valence-electron chi connectivity index (χ1n) is 5.66. The molecular formula is C12H8Cl3NO4S. The number of benzene rings is 1. The number of carbonyl (C=O) groups excluding carboxylic acids is 2. The van der Waals surface area contributed by atoms with Crippen molar-refractivity contribution in [2.24, 2.45) is 0 Å². The van der Waals surface area contributed by atoms with Gasteiger partial charge in [0.1, 0.15) is 0 Å². The third kappa shape index (κ3) is 3.45. The molecule has 1 N–H and O–H groups in total. The van der Waals surface area contributed by atoms with Crippen molar-refractivity contribution in [2.75, 3.05) is 10.7 Å². The van der Waals surface area contributed by atoms with Gasteiger partial charge >= 0.3 is 5.97 Å². The van der Waals surface area contributed by atoms with E-state index < -0.39 is 23.0 Å². The first-order valence-corrected chi connectivity index (χ1v) is 7.84. The first kappa shape index (κ1) is 16.4. The van der Waals surface area contributed by atoms with E-state index in [0.717, 1.165) is 16.7 Å². The average molecular weight is 369 g/mol. The molecule has 0 aliphatic carbocycles. The van der Waals surface area contributed by atoms with E-state index in [2.05, 4.69) is 0 Å². The summed E-state index contributed by atoms with van der Waals surface area (Å²) in [6.45, 7) is 0. The second kappa shape index (κ2) is 6.44. The number of anilines is 1. The Balaban J connectivity index is 2.28. The van der Waals surface area contributed by atoms with Crippen molar-refractivity contribution < 1.29 is 19.5 Å². The fourth-order valence-corrected chi connectivity index (χ4v) is 3.32. The Hall–Kier alpha value is -0.950. The molecule has 0 spiro atoms. The van der Waals surface area contributed by atoms with E-state index in [1.165, 1.54) is 12.1 Å². The number of imide groups is 1. The summed E-state index contributed by atoms with van der Waals surface area (Å²) in [6, 6.07) is 2.69. The van der Waals surface area contributed by atoms with Crippen LogP contribution in [0.15, 0.2) is 12.1 Å². The van der Waals surface area contributed by atoms with E-state index >= 15 is 0 Å². The third-order valence-corrected chi connectivity index (χ3v) is 4.95. The lowest BCUT2D eigenvalue weighted by atomic mass is 10.3. The molecule has 1 saturated heterocycles. The molecule has 1 atom stereocenters. The number of carboxylic acid groups (broad SMARTS) is 1. The molecule has 2 rings (SSSR count). The van der Waals surface area contributed by atoms with Crippen molar-refractivity contribution in [1.29, 1.82) is 0 Å². The lowest BCUT2D eigenvalue weighted by Crippen LogP contribution is -2.31. The van der Waals surface area contributed by atoms with E-state index in [0.29, 0.717) is 0 Å². The van der Waals surface area contributed by atoms with Crippen LogP contribution in [0.1, 0.15) is 6.42 Å². The van der Waals surface area contributed by atoms with Gasteiger partial charge in [0.05, 0.1) is 31.8 Å². The number of nitrogens with zero attached hydrogens (tertiary/aromatic N) is 1. The summed E-state index contributed by atoms with van der Waals surface area (Å²) >= 11 is 18.6. The van der Waals surface area contributed by atoms with Gasteiger partial charge in [0.25, 0.3) is 0 Å². The molecule has 0 bridgehead atoms. The summed E-state index contributed by atoms with van der Waals surface area (Å²) < 4.78 is 0. The number of thioether (sulfide) groups is 1. The minimum atomic E-state index is -1.05. The van der Waals surface area contributed by atoms with Gasteiger partial charge in [0, 0.05) is 6.42 Å². The molecule has 0 unspecified atom stereocenters. The number of halogens is 3. The lowest BCUT2D eigenvalue weighted by Gasteiger charge is -2.17. The fourth-order valence-electron chi connectivity index (χ4n) is 1.84. The summed E-state index contributed by atoms with van der Waals surface area (Å²) in [5, 5.41) is 8.39. The second-order valence-corrected chi connectivity index (χ2v) is 6.60. The Morgan fingerprint density at radius 3 is 2.48 bits per heavy atom. The molecule has 1 aromatic rings. The molecule has 9 heteroatoms. The summed E-state index contributed by atoms with van der Waals surface area (Å²) in [7, 11) is 0. The van der Waals surface area contributed by atoms with Gasteiger partial charge in [0.2, 0.25) is 11.8 Å². The van der Waals surface area contributed by atoms with Crippen LogP contribution in [0.4, 0.5) is 5.69 Å². The van der Waals surface area contributed by atoms with E-state index in [4.69, 9.17) is 39.9 Å². The minimum Gasteiger partial charge on any atom is -0.481 e. The van der Waals surface area contributed by atoms with Crippen LogP contribution in [-0.4, -0.2) is 33.9 Å². The number of rotatable bonds is 4. The van der Waals surface area contributed by atoms with Gasteiger partial charge in [-0.15, -0.1) is 11.8 Å². The highest BCUT2D eigenvalue weighted by Crippen LogP contribution is 2.38.